The highest BCUT2D eigenvalue weighted by atomic mass is 32.2. The lowest BCUT2D eigenvalue weighted by Crippen LogP contribution is -2.34. The summed E-state index contributed by atoms with van der Waals surface area (Å²) in [7, 11) is 1.78. The molecule has 18 heavy (non-hydrogen) atoms. The first-order valence-corrected chi connectivity index (χ1v) is 6.62. The topological polar surface area (TPSA) is 57.6 Å². The minimum absolute atomic E-state index is 0.0670. The molecule has 4 nitrogen and oxygen atoms in total. The molecule has 0 radical (unpaired) electrons. The van der Waals surface area contributed by atoms with Gasteiger partial charge in [-0.1, -0.05) is 0 Å². The molecule has 5 heteroatoms. The Morgan fingerprint density at radius 1 is 1.28 bits per heavy atom. The third kappa shape index (κ3) is 4.07. The van der Waals surface area contributed by atoms with Crippen LogP contribution in [0.25, 0.3) is 0 Å². The van der Waals surface area contributed by atoms with Gasteiger partial charge in [-0.3, -0.25) is 4.79 Å². The minimum atomic E-state index is -0.942. The van der Waals surface area contributed by atoms with Gasteiger partial charge >= 0.3 is 5.97 Å². The van der Waals surface area contributed by atoms with Crippen LogP contribution in [0.15, 0.2) is 29.2 Å². The molecule has 0 bridgehead atoms. The quantitative estimate of drug-likeness (QED) is 0.832. The molecule has 0 unspecified atom stereocenters. The van der Waals surface area contributed by atoms with Gasteiger partial charge in [-0.15, -0.1) is 11.8 Å². The van der Waals surface area contributed by atoms with Gasteiger partial charge in [0.05, 0.1) is 11.3 Å². The van der Waals surface area contributed by atoms with E-state index in [1.54, 1.807) is 36.2 Å². The Bertz CT molecular complexity index is 428. The summed E-state index contributed by atoms with van der Waals surface area (Å²) in [5.74, 6) is -0.513. The van der Waals surface area contributed by atoms with Crippen molar-refractivity contribution in [3.63, 3.8) is 0 Å². The van der Waals surface area contributed by atoms with Crippen molar-refractivity contribution in [2.45, 2.75) is 24.8 Å². The highest BCUT2D eigenvalue weighted by Gasteiger charge is 2.12. The van der Waals surface area contributed by atoms with Crippen LogP contribution in [0.3, 0.4) is 0 Å². The number of aromatic carboxylic acids is 1. The standard InChI is InChI=1S/C13H17NO3S/c1-9(2)14(3)12(15)8-18-11-6-4-10(5-7-11)13(16)17/h4-7,9H,8H2,1-3H3,(H,16,17). The van der Waals surface area contributed by atoms with Gasteiger partial charge in [0.2, 0.25) is 5.91 Å². The van der Waals surface area contributed by atoms with E-state index in [1.165, 1.54) is 11.8 Å². The smallest absolute Gasteiger partial charge is 0.335 e. The Kier molecular flexibility index (Phi) is 5.22. The molecule has 0 aliphatic heterocycles. The van der Waals surface area contributed by atoms with E-state index in [4.69, 9.17) is 5.11 Å². The third-order valence-electron chi connectivity index (χ3n) is 2.63. The molecule has 98 valence electrons. The van der Waals surface area contributed by atoms with Crippen LogP contribution in [0.4, 0.5) is 0 Å². The number of carboxylic acid groups (broad SMARTS) is 1. The van der Waals surface area contributed by atoms with Crippen molar-refractivity contribution in [3.05, 3.63) is 29.8 Å². The van der Waals surface area contributed by atoms with Crippen molar-refractivity contribution in [1.29, 1.82) is 0 Å². The molecular formula is C13H17NO3S. The van der Waals surface area contributed by atoms with Crippen molar-refractivity contribution in [1.82, 2.24) is 4.90 Å². The lowest BCUT2D eigenvalue weighted by Gasteiger charge is -2.21. The van der Waals surface area contributed by atoms with Crippen LogP contribution in [0, 0.1) is 0 Å². The van der Waals surface area contributed by atoms with Crippen LogP contribution in [-0.4, -0.2) is 40.7 Å². The summed E-state index contributed by atoms with van der Waals surface area (Å²) < 4.78 is 0. The number of carbonyl (C=O) groups is 2. The van der Waals surface area contributed by atoms with E-state index < -0.39 is 5.97 Å². The number of amides is 1. The van der Waals surface area contributed by atoms with Crippen LogP contribution in [0.5, 0.6) is 0 Å². The summed E-state index contributed by atoms with van der Waals surface area (Å²) >= 11 is 1.41. The molecule has 0 spiro atoms. The van der Waals surface area contributed by atoms with E-state index in [0.29, 0.717) is 5.75 Å². The van der Waals surface area contributed by atoms with Gasteiger partial charge in [0.15, 0.2) is 0 Å². The number of nitrogens with zero attached hydrogens (tertiary/aromatic N) is 1. The van der Waals surface area contributed by atoms with Gasteiger partial charge in [-0.25, -0.2) is 4.79 Å². The molecule has 0 aromatic heterocycles. The van der Waals surface area contributed by atoms with Crippen LogP contribution in [0.2, 0.25) is 0 Å². The van der Waals surface area contributed by atoms with Gasteiger partial charge < -0.3 is 10.0 Å². The lowest BCUT2D eigenvalue weighted by atomic mass is 10.2. The number of carboxylic acids is 1. The molecule has 1 aromatic rings. The molecule has 1 rings (SSSR count). The molecular weight excluding hydrogens is 250 g/mol. The van der Waals surface area contributed by atoms with Crippen LogP contribution in [-0.2, 0) is 4.79 Å². The summed E-state index contributed by atoms with van der Waals surface area (Å²) in [6.45, 7) is 3.93. The number of benzene rings is 1. The maximum Gasteiger partial charge on any atom is 0.335 e. The second-order valence-corrected chi connectivity index (χ2v) is 5.27. The van der Waals surface area contributed by atoms with Gasteiger partial charge in [0.1, 0.15) is 0 Å². The maximum atomic E-state index is 11.7. The molecule has 0 aliphatic carbocycles. The highest BCUT2D eigenvalue weighted by Crippen LogP contribution is 2.19. The summed E-state index contributed by atoms with van der Waals surface area (Å²) in [6.07, 6.45) is 0. The van der Waals surface area contributed by atoms with Gasteiger partial charge in [-0.2, -0.15) is 0 Å². The van der Waals surface area contributed by atoms with Crippen molar-refractivity contribution in [2.24, 2.45) is 0 Å². The zero-order valence-corrected chi connectivity index (χ0v) is 11.5. The van der Waals surface area contributed by atoms with E-state index >= 15 is 0 Å². The fourth-order valence-electron chi connectivity index (χ4n) is 1.23. The number of hydrogen-bond acceptors (Lipinski definition) is 3. The Hall–Kier alpha value is -1.49. The van der Waals surface area contributed by atoms with Crippen LogP contribution in [0.1, 0.15) is 24.2 Å². The summed E-state index contributed by atoms with van der Waals surface area (Å²) in [5.41, 5.74) is 0.255. The van der Waals surface area contributed by atoms with Gasteiger partial charge in [0, 0.05) is 18.0 Å². The normalized spacial score (nSPS) is 10.4. The minimum Gasteiger partial charge on any atom is -0.478 e. The summed E-state index contributed by atoms with van der Waals surface area (Å²) in [5, 5.41) is 8.76. The first-order chi connectivity index (χ1) is 8.41. The molecule has 0 saturated heterocycles. The van der Waals surface area contributed by atoms with Crippen LogP contribution >= 0.6 is 11.8 Å². The average molecular weight is 267 g/mol. The fourth-order valence-corrected chi connectivity index (χ4v) is 2.05. The zero-order chi connectivity index (χ0) is 13.7. The Balaban J connectivity index is 2.54. The summed E-state index contributed by atoms with van der Waals surface area (Å²) in [4.78, 5) is 25.0. The number of hydrogen-bond donors (Lipinski definition) is 1. The van der Waals surface area contributed by atoms with E-state index in [2.05, 4.69) is 0 Å². The number of carbonyl (C=O) groups excluding carboxylic acids is 1. The summed E-state index contributed by atoms with van der Waals surface area (Å²) in [6, 6.07) is 6.71. The predicted molar refractivity (Wildman–Crippen MR) is 72.0 cm³/mol. The largest absolute Gasteiger partial charge is 0.478 e. The second-order valence-electron chi connectivity index (χ2n) is 4.22. The molecule has 0 atom stereocenters. The SMILES string of the molecule is CC(C)N(C)C(=O)CSc1ccc(C(=O)O)cc1. The van der Waals surface area contributed by atoms with Crippen molar-refractivity contribution in [3.8, 4) is 0 Å². The number of thioether (sulfide) groups is 1. The zero-order valence-electron chi connectivity index (χ0n) is 10.7. The lowest BCUT2D eigenvalue weighted by molar-refractivity contribution is -0.128. The first-order valence-electron chi connectivity index (χ1n) is 5.63. The molecule has 0 heterocycles. The van der Waals surface area contributed by atoms with Crippen molar-refractivity contribution >= 4 is 23.6 Å². The Morgan fingerprint density at radius 2 is 1.83 bits per heavy atom. The van der Waals surface area contributed by atoms with Crippen molar-refractivity contribution < 1.29 is 14.7 Å². The highest BCUT2D eigenvalue weighted by molar-refractivity contribution is 8.00. The van der Waals surface area contributed by atoms with Gasteiger partial charge in [0.25, 0.3) is 0 Å². The first kappa shape index (κ1) is 14.6. The monoisotopic (exact) mass is 267 g/mol. The molecule has 1 amide bonds. The third-order valence-corrected chi connectivity index (χ3v) is 3.63. The van der Waals surface area contributed by atoms with E-state index in [0.717, 1.165) is 4.90 Å². The Morgan fingerprint density at radius 3 is 2.28 bits per heavy atom. The second kappa shape index (κ2) is 6.44. The molecule has 0 aliphatic rings. The molecule has 1 aromatic carbocycles. The molecule has 1 N–H and O–H groups in total. The van der Waals surface area contributed by atoms with Gasteiger partial charge in [-0.05, 0) is 38.1 Å². The van der Waals surface area contributed by atoms with Crippen molar-refractivity contribution in [2.75, 3.05) is 12.8 Å². The van der Waals surface area contributed by atoms with E-state index in [1.807, 2.05) is 13.8 Å². The number of rotatable bonds is 5. The van der Waals surface area contributed by atoms with Crippen LogP contribution < -0.4 is 0 Å². The molecule has 0 saturated carbocycles. The van der Waals surface area contributed by atoms with E-state index in [-0.39, 0.29) is 17.5 Å². The Labute approximate surface area is 111 Å². The fraction of sp³-hybridized carbons (Fsp3) is 0.385. The predicted octanol–water partition coefficient (Wildman–Crippen LogP) is 2.34. The average Bonchev–Trinajstić information content (AvgIpc) is 2.35. The maximum absolute atomic E-state index is 11.7. The molecule has 0 fully saturated rings. The van der Waals surface area contributed by atoms with E-state index in [9.17, 15) is 9.59 Å².